The van der Waals surface area contributed by atoms with Crippen molar-refractivity contribution in [2.75, 3.05) is 32.8 Å². The van der Waals surface area contributed by atoms with Crippen LogP contribution in [0.2, 0.25) is 0 Å². The van der Waals surface area contributed by atoms with E-state index in [9.17, 15) is 4.79 Å². The predicted octanol–water partition coefficient (Wildman–Crippen LogP) is 1.56. The third-order valence-electron chi connectivity index (χ3n) is 4.32. The molecule has 0 spiro atoms. The number of nitrogens with zero attached hydrogens (tertiary/aromatic N) is 5. The van der Waals surface area contributed by atoms with Crippen molar-refractivity contribution >= 4 is 5.91 Å². The summed E-state index contributed by atoms with van der Waals surface area (Å²) in [6, 6.07) is 3.54. The predicted molar refractivity (Wildman–Crippen MR) is 94.4 cm³/mol. The van der Waals surface area contributed by atoms with Gasteiger partial charge in [0, 0.05) is 63.8 Å². The lowest BCUT2D eigenvalue weighted by Crippen LogP contribution is -2.35. The molecule has 0 unspecified atom stereocenters. The third kappa shape index (κ3) is 4.57. The zero-order valence-corrected chi connectivity index (χ0v) is 14.9. The van der Waals surface area contributed by atoms with Gasteiger partial charge < -0.3 is 9.64 Å². The van der Waals surface area contributed by atoms with Crippen LogP contribution in [0, 0.1) is 0 Å². The molecule has 0 aliphatic carbocycles. The second-order valence-electron chi connectivity index (χ2n) is 6.26. The van der Waals surface area contributed by atoms with Gasteiger partial charge in [-0.15, -0.1) is 0 Å². The van der Waals surface area contributed by atoms with Gasteiger partial charge in [0.25, 0.3) is 5.91 Å². The number of carbonyl (C=O) groups is 1. The van der Waals surface area contributed by atoms with Crippen molar-refractivity contribution in [2.24, 2.45) is 7.05 Å². The van der Waals surface area contributed by atoms with Gasteiger partial charge >= 0.3 is 0 Å². The Hall–Kier alpha value is -2.41. The highest BCUT2D eigenvalue weighted by molar-refractivity contribution is 5.94. The number of rotatable bonds is 5. The topological polar surface area (TPSA) is 63.5 Å². The minimum absolute atomic E-state index is 0.0405. The Labute approximate surface area is 148 Å². The van der Waals surface area contributed by atoms with E-state index in [0.717, 1.165) is 39.1 Å². The summed E-state index contributed by atoms with van der Waals surface area (Å²) in [4.78, 5) is 21.2. The van der Waals surface area contributed by atoms with Crippen molar-refractivity contribution in [3.63, 3.8) is 0 Å². The highest BCUT2D eigenvalue weighted by atomic mass is 16.5. The second-order valence-corrected chi connectivity index (χ2v) is 6.26. The van der Waals surface area contributed by atoms with E-state index in [2.05, 4.69) is 15.0 Å². The van der Waals surface area contributed by atoms with Gasteiger partial charge in [-0.25, -0.2) is 4.98 Å². The van der Waals surface area contributed by atoms with Crippen LogP contribution in [-0.2, 0) is 13.6 Å². The van der Waals surface area contributed by atoms with Crippen LogP contribution in [0.25, 0.3) is 0 Å². The highest BCUT2D eigenvalue weighted by Crippen LogP contribution is 2.13. The van der Waals surface area contributed by atoms with Gasteiger partial charge in [-0.3, -0.25) is 14.4 Å². The van der Waals surface area contributed by atoms with Gasteiger partial charge in [0.15, 0.2) is 0 Å². The van der Waals surface area contributed by atoms with E-state index in [1.54, 1.807) is 18.3 Å². The summed E-state index contributed by atoms with van der Waals surface area (Å²) >= 11 is 0. The summed E-state index contributed by atoms with van der Waals surface area (Å²) in [5.74, 6) is 0.594. The number of aryl methyl sites for hydroxylation is 1. The van der Waals surface area contributed by atoms with Gasteiger partial charge in [-0.2, -0.15) is 5.10 Å². The van der Waals surface area contributed by atoms with E-state index < -0.39 is 0 Å². The number of aromatic nitrogens is 3. The molecule has 0 bridgehead atoms. The van der Waals surface area contributed by atoms with Crippen molar-refractivity contribution in [3.05, 3.63) is 41.9 Å². The van der Waals surface area contributed by atoms with Gasteiger partial charge in [0.2, 0.25) is 5.88 Å². The monoisotopic (exact) mass is 343 g/mol. The van der Waals surface area contributed by atoms with Crippen LogP contribution < -0.4 is 4.74 Å². The lowest BCUT2D eigenvalue weighted by atomic mass is 10.2. The molecule has 3 heterocycles. The van der Waals surface area contributed by atoms with E-state index >= 15 is 0 Å². The molecule has 1 amide bonds. The molecule has 2 aromatic rings. The molecule has 2 aromatic heterocycles. The number of carbonyl (C=O) groups excluding carboxylic acids is 1. The summed E-state index contributed by atoms with van der Waals surface area (Å²) < 4.78 is 7.15. The minimum atomic E-state index is 0.0405. The maximum atomic E-state index is 12.7. The quantitative estimate of drug-likeness (QED) is 0.824. The molecular weight excluding hydrogens is 318 g/mol. The first-order valence-corrected chi connectivity index (χ1v) is 8.73. The molecule has 3 rings (SSSR count). The van der Waals surface area contributed by atoms with Crippen LogP contribution in [0.5, 0.6) is 5.88 Å². The molecule has 1 fully saturated rings. The molecule has 0 aromatic carbocycles. The number of ether oxygens (including phenoxy) is 1. The Bertz CT molecular complexity index is 698. The minimum Gasteiger partial charge on any atom is -0.478 e. The zero-order valence-electron chi connectivity index (χ0n) is 14.9. The standard InChI is InChI=1S/C18H25N5O2/c1-3-25-17-6-5-16(12-19-17)18(24)23-8-4-7-22(9-10-23)14-15-11-20-21(2)13-15/h5-6,11-13H,3-4,7-10,14H2,1-2H3. The van der Waals surface area contributed by atoms with Crippen LogP contribution in [0.3, 0.4) is 0 Å². The van der Waals surface area contributed by atoms with Gasteiger partial charge in [0.05, 0.1) is 18.4 Å². The number of hydrogen-bond acceptors (Lipinski definition) is 5. The summed E-state index contributed by atoms with van der Waals surface area (Å²) in [5, 5.41) is 4.22. The Balaban J connectivity index is 1.57. The summed E-state index contributed by atoms with van der Waals surface area (Å²) in [7, 11) is 1.93. The van der Waals surface area contributed by atoms with Crippen molar-refractivity contribution in [1.82, 2.24) is 24.6 Å². The summed E-state index contributed by atoms with van der Waals surface area (Å²) in [5.41, 5.74) is 1.82. The van der Waals surface area contributed by atoms with Crippen LogP contribution in [0.4, 0.5) is 0 Å². The molecule has 0 radical (unpaired) electrons. The average molecular weight is 343 g/mol. The van der Waals surface area contributed by atoms with Crippen LogP contribution in [0.15, 0.2) is 30.7 Å². The van der Waals surface area contributed by atoms with E-state index in [1.165, 1.54) is 5.56 Å². The van der Waals surface area contributed by atoms with Gasteiger partial charge in [-0.05, 0) is 19.4 Å². The van der Waals surface area contributed by atoms with E-state index in [0.29, 0.717) is 18.1 Å². The first-order chi connectivity index (χ1) is 12.2. The molecule has 1 aliphatic heterocycles. The zero-order chi connectivity index (χ0) is 17.6. The molecular formula is C18H25N5O2. The molecule has 0 saturated carbocycles. The second kappa shape index (κ2) is 8.11. The maximum Gasteiger partial charge on any atom is 0.255 e. The largest absolute Gasteiger partial charge is 0.478 e. The number of pyridine rings is 1. The molecule has 1 aliphatic rings. The Kier molecular flexibility index (Phi) is 5.65. The first kappa shape index (κ1) is 17.4. The lowest BCUT2D eigenvalue weighted by molar-refractivity contribution is 0.0760. The summed E-state index contributed by atoms with van der Waals surface area (Å²) in [6.45, 7) is 6.71. The molecule has 0 atom stereocenters. The highest BCUT2D eigenvalue weighted by Gasteiger charge is 2.21. The fourth-order valence-corrected chi connectivity index (χ4v) is 3.07. The number of hydrogen-bond donors (Lipinski definition) is 0. The molecule has 25 heavy (non-hydrogen) atoms. The maximum absolute atomic E-state index is 12.7. The molecule has 1 saturated heterocycles. The fourth-order valence-electron chi connectivity index (χ4n) is 3.07. The van der Waals surface area contributed by atoms with Crippen LogP contribution in [0.1, 0.15) is 29.3 Å². The number of amides is 1. The first-order valence-electron chi connectivity index (χ1n) is 8.73. The fraction of sp³-hybridized carbons (Fsp3) is 0.500. The Morgan fingerprint density at radius 2 is 2.08 bits per heavy atom. The van der Waals surface area contributed by atoms with Crippen molar-refractivity contribution in [2.45, 2.75) is 19.9 Å². The normalized spacial score (nSPS) is 15.8. The molecule has 0 N–H and O–H groups in total. The van der Waals surface area contributed by atoms with Crippen molar-refractivity contribution in [3.8, 4) is 5.88 Å². The van der Waals surface area contributed by atoms with Crippen molar-refractivity contribution in [1.29, 1.82) is 0 Å². The smallest absolute Gasteiger partial charge is 0.255 e. The Morgan fingerprint density at radius 1 is 1.20 bits per heavy atom. The van der Waals surface area contributed by atoms with E-state index in [1.807, 2.05) is 35.9 Å². The third-order valence-corrected chi connectivity index (χ3v) is 4.32. The molecule has 134 valence electrons. The van der Waals surface area contributed by atoms with E-state index in [4.69, 9.17) is 4.74 Å². The van der Waals surface area contributed by atoms with E-state index in [-0.39, 0.29) is 5.91 Å². The van der Waals surface area contributed by atoms with Gasteiger partial charge in [0.1, 0.15) is 0 Å². The molecule has 7 heteroatoms. The van der Waals surface area contributed by atoms with Crippen molar-refractivity contribution < 1.29 is 9.53 Å². The SMILES string of the molecule is CCOc1ccc(C(=O)N2CCCN(Cc3cnn(C)c3)CC2)cn1. The average Bonchev–Trinajstić information content (AvgIpc) is 2.88. The summed E-state index contributed by atoms with van der Waals surface area (Å²) in [6.07, 6.45) is 6.51. The van der Waals surface area contributed by atoms with Gasteiger partial charge in [-0.1, -0.05) is 0 Å². The lowest BCUT2D eigenvalue weighted by Gasteiger charge is -2.21. The van der Waals surface area contributed by atoms with Crippen LogP contribution in [-0.4, -0.2) is 63.3 Å². The Morgan fingerprint density at radius 3 is 2.76 bits per heavy atom. The van der Waals surface area contributed by atoms with Crippen LogP contribution >= 0.6 is 0 Å². The molecule has 7 nitrogen and oxygen atoms in total.